The monoisotopic (exact) mass is 721 g/mol. The Morgan fingerprint density at radius 3 is 2.44 bits per heavy atom. The Labute approximate surface area is 298 Å². The molecule has 266 valence electrons. The highest BCUT2D eigenvalue weighted by molar-refractivity contribution is 7.08. The molecule has 50 heavy (non-hydrogen) atoms. The highest BCUT2D eigenvalue weighted by Gasteiger charge is 2.54. The quantitative estimate of drug-likeness (QED) is 0.132. The molecule has 0 bridgehead atoms. The van der Waals surface area contributed by atoms with E-state index in [0.717, 1.165) is 56.1 Å². The van der Waals surface area contributed by atoms with Gasteiger partial charge in [0.1, 0.15) is 23.7 Å². The molecule has 3 N–H and O–H groups in total. The smallest absolute Gasteiger partial charge is 0.408 e. The Morgan fingerprint density at radius 2 is 1.80 bits per heavy atom. The molecule has 6 rings (SSSR count). The van der Waals surface area contributed by atoms with Crippen LogP contribution in [0.25, 0.3) is 22.3 Å². The van der Waals surface area contributed by atoms with Gasteiger partial charge in [-0.2, -0.15) is 27.8 Å². The van der Waals surface area contributed by atoms with Crippen LogP contribution in [0.1, 0.15) is 83.1 Å². The first kappa shape index (κ1) is 35.5. The van der Waals surface area contributed by atoms with E-state index in [1.54, 1.807) is 6.20 Å². The summed E-state index contributed by atoms with van der Waals surface area (Å²) in [7, 11) is 0. The molecule has 3 aromatic heterocycles. The van der Waals surface area contributed by atoms with E-state index < -0.39 is 47.5 Å². The second kappa shape index (κ2) is 15.7. The Balaban J connectivity index is 1.30. The Hall–Kier alpha value is -4.30. The van der Waals surface area contributed by atoms with Gasteiger partial charge in [0.25, 0.3) is 5.56 Å². The van der Waals surface area contributed by atoms with Crippen molar-refractivity contribution in [1.29, 1.82) is 0 Å². The predicted octanol–water partition coefficient (Wildman–Crippen LogP) is 5.75. The topological polar surface area (TPSA) is 160 Å². The van der Waals surface area contributed by atoms with Crippen molar-refractivity contribution in [3.8, 4) is 22.3 Å². The molecule has 1 aliphatic heterocycles. The summed E-state index contributed by atoms with van der Waals surface area (Å²) < 4.78 is 6.98. The molecule has 0 radical (unpaired) electrons. The first-order valence-corrected chi connectivity index (χ1v) is 19.2. The maximum Gasteiger partial charge on any atom is 0.408 e. The zero-order chi connectivity index (χ0) is 35.3. The Kier molecular flexibility index (Phi) is 11.2. The fraction of sp³-hybridized carbons (Fsp3) is 0.500. The van der Waals surface area contributed by atoms with E-state index in [1.165, 1.54) is 32.3 Å². The first-order chi connectivity index (χ1) is 24.2. The molecule has 3 aliphatic rings. The zero-order valence-electron chi connectivity index (χ0n) is 27.9. The Bertz CT molecular complexity index is 1750. The minimum atomic E-state index is -1.37. The van der Waals surface area contributed by atoms with Gasteiger partial charge in [0.15, 0.2) is 0 Å². The van der Waals surface area contributed by atoms with E-state index >= 15 is 0 Å². The van der Waals surface area contributed by atoms with E-state index in [1.807, 2.05) is 39.7 Å². The summed E-state index contributed by atoms with van der Waals surface area (Å²) >= 11 is 2.98. The number of hydrogen-bond donors (Lipinski definition) is 3. The number of aliphatic carboxylic acids is 1. The number of allylic oxidation sites excluding steroid dienone is 1. The summed E-state index contributed by atoms with van der Waals surface area (Å²) in [6.07, 6.45) is 10.2. The van der Waals surface area contributed by atoms with Crippen LogP contribution in [0.15, 0.2) is 57.3 Å². The molecule has 4 heterocycles. The number of amides is 3. The number of carbonyl (C=O) groups excluding carboxylic acids is 3. The average molecular weight is 722 g/mol. The summed E-state index contributed by atoms with van der Waals surface area (Å²) in [5.74, 6) is -2.23. The van der Waals surface area contributed by atoms with Gasteiger partial charge in [-0.15, -0.1) is 6.58 Å². The predicted molar refractivity (Wildman–Crippen MR) is 191 cm³/mol. The van der Waals surface area contributed by atoms with Crippen LogP contribution in [0.4, 0.5) is 4.79 Å². The number of rotatable bonds is 15. The lowest BCUT2D eigenvalue weighted by molar-refractivity contribution is -0.145. The lowest BCUT2D eigenvalue weighted by Crippen LogP contribution is -2.56. The molecule has 3 amide bonds. The van der Waals surface area contributed by atoms with Crippen LogP contribution in [-0.2, 0) is 19.1 Å². The molecule has 0 spiro atoms. The maximum atomic E-state index is 14.4. The fourth-order valence-electron chi connectivity index (χ4n) is 6.97. The van der Waals surface area contributed by atoms with Gasteiger partial charge in [-0.05, 0) is 103 Å². The molecule has 0 aromatic carbocycles. The molecular weight excluding hydrogens is 679 g/mol. The van der Waals surface area contributed by atoms with Gasteiger partial charge in [-0.25, -0.2) is 14.3 Å². The molecule has 3 aromatic rings. The number of carboxylic acid groups (broad SMARTS) is 1. The minimum Gasteiger partial charge on any atom is -0.480 e. The number of carboxylic acids is 1. The fourth-order valence-corrected chi connectivity index (χ4v) is 8.28. The highest BCUT2D eigenvalue weighted by Crippen LogP contribution is 2.38. The van der Waals surface area contributed by atoms with Crippen molar-refractivity contribution in [3.63, 3.8) is 0 Å². The first-order valence-electron chi connectivity index (χ1n) is 17.3. The molecule has 3 atom stereocenters. The molecule has 2 saturated carbocycles. The third-order valence-corrected chi connectivity index (χ3v) is 11.3. The standard InChI is InChI=1S/C36H43N5O7S2/c1-2-3-4-5-6-11-28(38-35(47)48-26-9-7-8-10-26)32(43)40-20-25(18-29(40)31(42)39-36(14-15-36)34(45)46)41-33(44)30(24-13-17-50-22-24)27(19-37-41)23-12-16-49-21-23/h2,12-13,16-17,19,21-22,25-26,28-29H,1,3-11,14-15,18,20H2,(H,38,47)(H,39,42)(H,45,46)/t25-,28+,29+/m1/s1. The summed E-state index contributed by atoms with van der Waals surface area (Å²) in [6, 6.07) is 1.04. The van der Waals surface area contributed by atoms with Crippen molar-refractivity contribution >= 4 is 46.6 Å². The second-order valence-electron chi connectivity index (χ2n) is 13.4. The number of unbranched alkanes of at least 4 members (excludes halogenated alkanes) is 3. The van der Waals surface area contributed by atoms with E-state index in [4.69, 9.17) is 4.74 Å². The number of alkyl carbamates (subject to hydrolysis) is 1. The molecule has 0 unspecified atom stereocenters. The van der Waals surface area contributed by atoms with Crippen LogP contribution in [-0.4, -0.2) is 73.9 Å². The molecule has 3 fully saturated rings. The molecule has 2 aliphatic carbocycles. The number of ether oxygens (including phenoxy) is 1. The van der Waals surface area contributed by atoms with Crippen molar-refractivity contribution in [3.05, 3.63) is 62.9 Å². The van der Waals surface area contributed by atoms with Gasteiger partial charge in [0.05, 0.1) is 17.8 Å². The SMILES string of the molecule is C=CCCCCC[C@H](NC(=O)OC1CCCC1)C(=O)N1C[C@H](n2ncc(-c3ccsc3)c(-c3ccsc3)c2=O)C[C@H]1C(=O)NC1(C(=O)O)CC1. The maximum absolute atomic E-state index is 14.4. The molecule has 14 heteroatoms. The van der Waals surface area contributed by atoms with Gasteiger partial charge in [0.2, 0.25) is 11.8 Å². The van der Waals surface area contributed by atoms with Gasteiger partial charge in [-0.3, -0.25) is 14.4 Å². The van der Waals surface area contributed by atoms with Crippen LogP contribution in [0.2, 0.25) is 0 Å². The number of likely N-dealkylation sites (tertiary alicyclic amines) is 1. The lowest BCUT2D eigenvalue weighted by atomic mass is 10.0. The number of thiophene rings is 2. The largest absolute Gasteiger partial charge is 0.480 e. The highest BCUT2D eigenvalue weighted by atomic mass is 32.1. The van der Waals surface area contributed by atoms with Gasteiger partial charge >= 0.3 is 12.1 Å². The van der Waals surface area contributed by atoms with Crippen LogP contribution >= 0.6 is 22.7 Å². The lowest BCUT2D eigenvalue weighted by Gasteiger charge is -2.29. The van der Waals surface area contributed by atoms with Crippen LogP contribution in [0, 0.1) is 0 Å². The van der Waals surface area contributed by atoms with Crippen molar-refractivity contribution < 1.29 is 29.0 Å². The summed E-state index contributed by atoms with van der Waals surface area (Å²) in [5.41, 5.74) is 1.04. The van der Waals surface area contributed by atoms with Crippen molar-refractivity contribution in [2.45, 2.75) is 107 Å². The van der Waals surface area contributed by atoms with Crippen LogP contribution < -0.4 is 16.2 Å². The van der Waals surface area contributed by atoms with E-state index in [2.05, 4.69) is 22.3 Å². The normalized spacial score (nSPS) is 20.3. The average Bonchev–Trinajstić information content (AvgIpc) is 3.71. The van der Waals surface area contributed by atoms with Crippen molar-refractivity contribution in [2.75, 3.05) is 6.54 Å². The number of nitrogens with zero attached hydrogens (tertiary/aromatic N) is 3. The summed E-state index contributed by atoms with van der Waals surface area (Å²) in [6.45, 7) is 3.74. The van der Waals surface area contributed by atoms with Gasteiger partial charge in [-0.1, -0.05) is 18.9 Å². The zero-order valence-corrected chi connectivity index (χ0v) is 29.5. The van der Waals surface area contributed by atoms with E-state index in [0.29, 0.717) is 24.0 Å². The van der Waals surface area contributed by atoms with E-state index in [-0.39, 0.29) is 37.5 Å². The summed E-state index contributed by atoms with van der Waals surface area (Å²) in [4.78, 5) is 69.0. The van der Waals surface area contributed by atoms with Crippen LogP contribution in [0.5, 0.6) is 0 Å². The number of nitrogens with one attached hydrogen (secondary N) is 2. The third-order valence-electron chi connectivity index (χ3n) is 9.94. The summed E-state index contributed by atoms with van der Waals surface area (Å²) in [5, 5.41) is 27.5. The third kappa shape index (κ3) is 7.86. The number of carbonyl (C=O) groups is 4. The second-order valence-corrected chi connectivity index (χ2v) is 15.0. The van der Waals surface area contributed by atoms with Crippen LogP contribution in [0.3, 0.4) is 0 Å². The molecular formula is C36H43N5O7S2. The van der Waals surface area contributed by atoms with Crippen molar-refractivity contribution in [2.24, 2.45) is 0 Å². The molecule has 12 nitrogen and oxygen atoms in total. The Morgan fingerprint density at radius 1 is 1.08 bits per heavy atom. The molecule has 1 saturated heterocycles. The van der Waals surface area contributed by atoms with Gasteiger partial charge in [0, 0.05) is 18.5 Å². The minimum absolute atomic E-state index is 0.0307. The number of hydrogen-bond acceptors (Lipinski definition) is 9. The van der Waals surface area contributed by atoms with Gasteiger partial charge < -0.3 is 25.4 Å². The van der Waals surface area contributed by atoms with E-state index in [9.17, 15) is 29.1 Å². The van der Waals surface area contributed by atoms with Crippen molar-refractivity contribution in [1.82, 2.24) is 25.3 Å². The number of aromatic nitrogens is 2.